The van der Waals surface area contributed by atoms with Gasteiger partial charge < -0.3 is 20.6 Å². The SMILES string of the molecule is NCC1(O)C2CN3CCN(C2)CC1(c1ccccc1)C3. The molecule has 20 heavy (non-hydrogen) atoms. The second-order valence-electron chi connectivity index (χ2n) is 6.74. The topological polar surface area (TPSA) is 52.7 Å². The molecule has 4 heteroatoms. The molecule has 0 saturated carbocycles. The van der Waals surface area contributed by atoms with Gasteiger partial charge in [0.2, 0.25) is 0 Å². The molecule has 0 radical (unpaired) electrons. The van der Waals surface area contributed by atoms with Gasteiger partial charge in [0.05, 0.1) is 11.0 Å². The first-order valence-corrected chi connectivity index (χ1v) is 7.61. The van der Waals surface area contributed by atoms with Gasteiger partial charge in [-0.25, -0.2) is 0 Å². The van der Waals surface area contributed by atoms with Crippen LogP contribution in [0.5, 0.6) is 0 Å². The molecule has 4 saturated heterocycles. The number of benzene rings is 1. The molecule has 1 aromatic rings. The molecule has 4 bridgehead atoms. The fourth-order valence-electron chi connectivity index (χ4n) is 4.77. The first-order valence-electron chi connectivity index (χ1n) is 7.61. The Hall–Kier alpha value is -0.940. The lowest BCUT2D eigenvalue weighted by Crippen LogP contribution is -2.75. The van der Waals surface area contributed by atoms with Gasteiger partial charge in [-0.05, 0) is 5.56 Å². The fraction of sp³-hybridized carbons (Fsp3) is 0.625. The van der Waals surface area contributed by atoms with Crippen LogP contribution in [-0.4, -0.2) is 66.3 Å². The van der Waals surface area contributed by atoms with Crippen LogP contribution in [0, 0.1) is 5.92 Å². The molecule has 108 valence electrons. The molecule has 4 nitrogen and oxygen atoms in total. The highest BCUT2D eigenvalue weighted by Crippen LogP contribution is 2.49. The van der Waals surface area contributed by atoms with Gasteiger partial charge in [0.15, 0.2) is 0 Å². The molecule has 4 fully saturated rings. The third-order valence-corrected chi connectivity index (χ3v) is 5.82. The van der Waals surface area contributed by atoms with Crippen molar-refractivity contribution in [2.24, 2.45) is 11.7 Å². The van der Waals surface area contributed by atoms with E-state index >= 15 is 0 Å². The molecule has 1 aromatic carbocycles. The van der Waals surface area contributed by atoms with E-state index in [2.05, 4.69) is 34.1 Å². The average Bonchev–Trinajstić information content (AvgIpc) is 2.74. The van der Waals surface area contributed by atoms with Crippen molar-refractivity contribution in [2.45, 2.75) is 11.0 Å². The van der Waals surface area contributed by atoms with Gasteiger partial charge in [0, 0.05) is 51.7 Å². The zero-order valence-corrected chi connectivity index (χ0v) is 11.8. The quantitative estimate of drug-likeness (QED) is 0.788. The minimum absolute atomic E-state index is 0.235. The van der Waals surface area contributed by atoms with E-state index < -0.39 is 5.60 Å². The van der Waals surface area contributed by atoms with Crippen LogP contribution in [0.15, 0.2) is 30.3 Å². The number of aliphatic hydroxyl groups is 1. The summed E-state index contributed by atoms with van der Waals surface area (Å²) in [5.41, 5.74) is 6.31. The first-order chi connectivity index (χ1) is 9.68. The minimum atomic E-state index is -0.772. The second-order valence-corrected chi connectivity index (χ2v) is 6.74. The molecule has 3 N–H and O–H groups in total. The van der Waals surface area contributed by atoms with Gasteiger partial charge in [0.25, 0.3) is 0 Å². The number of hydrogen-bond acceptors (Lipinski definition) is 4. The van der Waals surface area contributed by atoms with Crippen molar-refractivity contribution < 1.29 is 5.11 Å². The summed E-state index contributed by atoms with van der Waals surface area (Å²) in [7, 11) is 0. The van der Waals surface area contributed by atoms with Crippen LogP contribution >= 0.6 is 0 Å². The van der Waals surface area contributed by atoms with E-state index in [9.17, 15) is 5.11 Å². The predicted octanol–water partition coefficient (Wildman–Crippen LogP) is -0.125. The summed E-state index contributed by atoms with van der Waals surface area (Å²) in [5.74, 6) is 0.262. The molecular formula is C16H23N3O. The van der Waals surface area contributed by atoms with Crippen LogP contribution < -0.4 is 5.73 Å². The molecule has 5 rings (SSSR count). The van der Waals surface area contributed by atoms with E-state index in [1.807, 2.05) is 6.07 Å². The smallest absolute Gasteiger partial charge is 0.0942 e. The summed E-state index contributed by atoms with van der Waals surface area (Å²) < 4.78 is 0. The molecule has 0 aliphatic carbocycles. The maximum Gasteiger partial charge on any atom is 0.0942 e. The lowest BCUT2D eigenvalue weighted by Gasteiger charge is -2.60. The standard InChI is InChI=1S/C16H23N3O/c17-10-16(20)14-8-18-6-7-19(9-14)12-15(16,11-18)13-4-2-1-3-5-13/h1-5,14,20H,6-12,17H2. The Balaban J connectivity index is 1.89. The van der Waals surface area contributed by atoms with Gasteiger partial charge in [-0.2, -0.15) is 0 Å². The van der Waals surface area contributed by atoms with E-state index in [1.54, 1.807) is 0 Å². The van der Waals surface area contributed by atoms with Crippen molar-refractivity contribution in [2.75, 3.05) is 45.8 Å². The van der Waals surface area contributed by atoms with Crippen LogP contribution in [0.25, 0.3) is 0 Å². The molecule has 4 heterocycles. The molecular weight excluding hydrogens is 250 g/mol. The minimum Gasteiger partial charge on any atom is -0.387 e. The Kier molecular flexibility index (Phi) is 2.73. The van der Waals surface area contributed by atoms with Crippen molar-refractivity contribution in [1.82, 2.24) is 9.80 Å². The number of hydrogen-bond donors (Lipinski definition) is 2. The largest absolute Gasteiger partial charge is 0.387 e. The average molecular weight is 273 g/mol. The zero-order valence-electron chi connectivity index (χ0n) is 11.8. The third kappa shape index (κ3) is 1.51. The maximum atomic E-state index is 11.4. The van der Waals surface area contributed by atoms with Crippen LogP contribution in [-0.2, 0) is 5.41 Å². The van der Waals surface area contributed by atoms with Gasteiger partial charge >= 0.3 is 0 Å². The highest BCUT2D eigenvalue weighted by Gasteiger charge is 2.63. The number of fused-ring (bicyclic) bond motifs is 1. The lowest BCUT2D eigenvalue weighted by molar-refractivity contribution is -0.154. The van der Waals surface area contributed by atoms with Crippen LogP contribution in [0.3, 0.4) is 0 Å². The number of nitrogens with two attached hydrogens (primary N) is 1. The van der Waals surface area contributed by atoms with E-state index in [0.717, 1.165) is 39.3 Å². The summed E-state index contributed by atoms with van der Waals surface area (Å²) in [5, 5.41) is 11.4. The molecule has 3 unspecified atom stereocenters. The predicted molar refractivity (Wildman–Crippen MR) is 78.5 cm³/mol. The van der Waals surface area contributed by atoms with Crippen LogP contribution in [0.4, 0.5) is 0 Å². The lowest BCUT2D eigenvalue weighted by atomic mass is 9.57. The molecule has 0 spiro atoms. The van der Waals surface area contributed by atoms with Crippen LogP contribution in [0.1, 0.15) is 5.56 Å². The van der Waals surface area contributed by atoms with Crippen molar-refractivity contribution in [3.63, 3.8) is 0 Å². The monoisotopic (exact) mass is 273 g/mol. The summed E-state index contributed by atoms with van der Waals surface area (Å²) >= 11 is 0. The van der Waals surface area contributed by atoms with Gasteiger partial charge in [-0.3, -0.25) is 0 Å². The van der Waals surface area contributed by atoms with Gasteiger partial charge in [0.1, 0.15) is 0 Å². The Bertz CT molecular complexity index is 490. The zero-order chi connectivity index (χ0) is 13.8. The highest BCUT2D eigenvalue weighted by molar-refractivity contribution is 5.36. The Morgan fingerprint density at radius 2 is 1.70 bits per heavy atom. The molecule has 0 aromatic heterocycles. The molecule has 0 amide bonds. The number of piperidine rings is 2. The van der Waals surface area contributed by atoms with E-state index in [-0.39, 0.29) is 11.3 Å². The molecule has 3 atom stereocenters. The third-order valence-electron chi connectivity index (χ3n) is 5.82. The van der Waals surface area contributed by atoms with E-state index in [1.165, 1.54) is 5.56 Å². The first kappa shape index (κ1) is 12.8. The Labute approximate surface area is 120 Å². The van der Waals surface area contributed by atoms with E-state index in [0.29, 0.717) is 6.54 Å². The summed E-state index contributed by atoms with van der Waals surface area (Å²) in [6.07, 6.45) is 0. The highest BCUT2D eigenvalue weighted by atomic mass is 16.3. The second kappa shape index (κ2) is 4.28. The fourth-order valence-corrected chi connectivity index (χ4v) is 4.77. The van der Waals surface area contributed by atoms with Gasteiger partial charge in [-0.1, -0.05) is 30.3 Å². The van der Waals surface area contributed by atoms with Crippen molar-refractivity contribution >= 4 is 0 Å². The normalized spacial score (nSPS) is 46.4. The Morgan fingerprint density at radius 1 is 1.10 bits per heavy atom. The van der Waals surface area contributed by atoms with E-state index in [4.69, 9.17) is 5.73 Å². The van der Waals surface area contributed by atoms with Crippen molar-refractivity contribution in [3.8, 4) is 0 Å². The summed E-state index contributed by atoms with van der Waals surface area (Å²) in [6.45, 7) is 6.42. The number of rotatable bonds is 2. The summed E-state index contributed by atoms with van der Waals surface area (Å²) in [4.78, 5) is 5.05. The van der Waals surface area contributed by atoms with Crippen molar-refractivity contribution in [3.05, 3.63) is 35.9 Å². The van der Waals surface area contributed by atoms with Gasteiger partial charge in [-0.15, -0.1) is 0 Å². The Morgan fingerprint density at radius 3 is 2.25 bits per heavy atom. The maximum absolute atomic E-state index is 11.4. The number of nitrogens with zero attached hydrogens (tertiary/aromatic N) is 2. The summed E-state index contributed by atoms with van der Waals surface area (Å²) in [6, 6.07) is 10.5. The van der Waals surface area contributed by atoms with Crippen molar-refractivity contribution in [1.29, 1.82) is 0 Å². The molecule has 4 aliphatic heterocycles. The molecule has 4 aliphatic rings. The van der Waals surface area contributed by atoms with Crippen LogP contribution in [0.2, 0.25) is 0 Å².